The van der Waals surface area contributed by atoms with Crippen molar-refractivity contribution in [2.24, 2.45) is 11.8 Å². The van der Waals surface area contributed by atoms with Crippen LogP contribution in [0.25, 0.3) is 0 Å². The molecule has 0 radical (unpaired) electrons. The first-order valence-electron chi connectivity index (χ1n) is 10.5. The van der Waals surface area contributed by atoms with E-state index >= 15 is 0 Å². The molecule has 3 aliphatic rings. The van der Waals surface area contributed by atoms with Crippen LogP contribution in [-0.2, 0) is 4.74 Å². The lowest BCUT2D eigenvalue weighted by molar-refractivity contribution is 0.0303. The molecule has 2 aromatic rings. The maximum absolute atomic E-state index is 12.9. The molecule has 1 aromatic carbocycles. The van der Waals surface area contributed by atoms with Gasteiger partial charge in [0, 0.05) is 56.4 Å². The molecule has 6 nitrogen and oxygen atoms in total. The fraction of sp³-hybridized carbons (Fsp3) is 0.478. The summed E-state index contributed by atoms with van der Waals surface area (Å²) in [6.07, 6.45) is 1.78. The van der Waals surface area contributed by atoms with Gasteiger partial charge in [0.2, 0.25) is 0 Å². The van der Waals surface area contributed by atoms with Gasteiger partial charge in [-0.3, -0.25) is 9.69 Å². The summed E-state index contributed by atoms with van der Waals surface area (Å²) in [6.45, 7) is 5.65. The number of fused-ring (bicyclic) bond motifs is 1. The van der Waals surface area contributed by atoms with Gasteiger partial charge in [0.05, 0.1) is 13.2 Å². The van der Waals surface area contributed by atoms with Crippen LogP contribution in [-0.4, -0.2) is 73.7 Å². The highest BCUT2D eigenvalue weighted by molar-refractivity contribution is 5.95. The van der Waals surface area contributed by atoms with E-state index in [9.17, 15) is 4.79 Å². The predicted molar refractivity (Wildman–Crippen MR) is 126 cm³/mol. The number of likely N-dealkylation sites (tertiary alicyclic amines) is 1. The number of carbonyl (C=O) groups is 1. The monoisotopic (exact) mass is 464 g/mol. The van der Waals surface area contributed by atoms with Crippen LogP contribution in [0.3, 0.4) is 0 Å². The van der Waals surface area contributed by atoms with Crippen molar-refractivity contribution in [2.75, 3.05) is 57.9 Å². The molecule has 0 aliphatic carbocycles. The minimum atomic E-state index is 0. The number of hydrogen-bond acceptors (Lipinski definition) is 5. The number of aromatic nitrogens is 1. The van der Waals surface area contributed by atoms with Crippen LogP contribution in [0.5, 0.6) is 0 Å². The summed E-state index contributed by atoms with van der Waals surface area (Å²) in [6, 6.07) is 15.1. The lowest BCUT2D eigenvalue weighted by Gasteiger charge is -2.28. The molecule has 0 spiro atoms. The van der Waals surface area contributed by atoms with Crippen LogP contribution in [0, 0.1) is 11.8 Å². The molecule has 5 rings (SSSR count). The van der Waals surface area contributed by atoms with Crippen LogP contribution in [0.4, 0.5) is 5.82 Å². The summed E-state index contributed by atoms with van der Waals surface area (Å²) < 4.78 is 5.37. The van der Waals surface area contributed by atoms with E-state index in [1.807, 2.05) is 17.0 Å². The Balaban J connectivity index is 0.00000136. The quantitative estimate of drug-likeness (QED) is 0.697. The molecule has 31 heavy (non-hydrogen) atoms. The molecule has 3 atom stereocenters. The molecule has 0 saturated carbocycles. The maximum atomic E-state index is 12.9. The third-order valence-corrected chi connectivity index (χ3v) is 6.65. The lowest BCUT2D eigenvalue weighted by Crippen LogP contribution is -2.40. The van der Waals surface area contributed by atoms with Crippen LogP contribution in [0.15, 0.2) is 48.7 Å². The number of halogens is 2. The second kappa shape index (κ2) is 10.2. The molecule has 0 bridgehead atoms. The third kappa shape index (κ3) is 4.67. The van der Waals surface area contributed by atoms with Crippen molar-refractivity contribution in [2.45, 2.75) is 6.04 Å². The molecule has 168 valence electrons. The minimum absolute atomic E-state index is 0. The number of nitrogens with zero attached hydrogens (tertiary/aromatic N) is 4. The molecule has 8 heteroatoms. The molecular formula is C23H30Cl2N4O2. The Morgan fingerprint density at radius 2 is 1.77 bits per heavy atom. The molecule has 0 N–H and O–H groups in total. The molecule has 3 aliphatic heterocycles. The summed E-state index contributed by atoms with van der Waals surface area (Å²) in [5.74, 6) is 2.22. The van der Waals surface area contributed by atoms with Crippen LogP contribution in [0.2, 0.25) is 0 Å². The zero-order valence-corrected chi connectivity index (χ0v) is 19.4. The van der Waals surface area contributed by atoms with Gasteiger partial charge in [-0.05, 0) is 30.7 Å². The smallest absolute Gasteiger partial charge is 0.254 e. The van der Waals surface area contributed by atoms with Crippen molar-refractivity contribution in [1.29, 1.82) is 0 Å². The van der Waals surface area contributed by atoms with Gasteiger partial charge in [-0.15, -0.1) is 24.8 Å². The fourth-order valence-corrected chi connectivity index (χ4v) is 5.27. The van der Waals surface area contributed by atoms with Crippen molar-refractivity contribution in [3.8, 4) is 0 Å². The number of pyridine rings is 1. The molecule has 1 aromatic heterocycles. The predicted octanol–water partition coefficient (Wildman–Crippen LogP) is 3.14. The van der Waals surface area contributed by atoms with Gasteiger partial charge in [0.15, 0.2) is 0 Å². The van der Waals surface area contributed by atoms with Gasteiger partial charge in [0.1, 0.15) is 5.82 Å². The Morgan fingerprint density at radius 1 is 1.03 bits per heavy atom. The number of benzene rings is 1. The van der Waals surface area contributed by atoms with E-state index in [2.05, 4.69) is 52.2 Å². The van der Waals surface area contributed by atoms with Crippen molar-refractivity contribution in [3.05, 3.63) is 59.8 Å². The topological polar surface area (TPSA) is 48.9 Å². The van der Waals surface area contributed by atoms with Gasteiger partial charge in [0.25, 0.3) is 5.91 Å². The van der Waals surface area contributed by atoms with Crippen LogP contribution in [0.1, 0.15) is 22.0 Å². The van der Waals surface area contributed by atoms with Gasteiger partial charge < -0.3 is 14.5 Å². The van der Waals surface area contributed by atoms with E-state index in [0.29, 0.717) is 44.2 Å². The zero-order valence-electron chi connectivity index (χ0n) is 17.7. The number of amides is 1. The van der Waals surface area contributed by atoms with E-state index in [1.165, 1.54) is 5.56 Å². The first-order chi connectivity index (χ1) is 14.2. The summed E-state index contributed by atoms with van der Waals surface area (Å²) >= 11 is 0. The minimum Gasteiger partial charge on any atom is -0.378 e. The fourth-order valence-electron chi connectivity index (χ4n) is 5.27. The number of rotatable bonds is 3. The Hall–Kier alpha value is -1.86. The second-order valence-corrected chi connectivity index (χ2v) is 8.43. The van der Waals surface area contributed by atoms with Crippen molar-refractivity contribution < 1.29 is 9.53 Å². The number of carbonyl (C=O) groups excluding carboxylic acids is 1. The van der Waals surface area contributed by atoms with E-state index in [0.717, 1.165) is 31.0 Å². The number of morpholine rings is 1. The van der Waals surface area contributed by atoms with Gasteiger partial charge >= 0.3 is 0 Å². The van der Waals surface area contributed by atoms with Gasteiger partial charge in [-0.2, -0.15) is 0 Å². The summed E-state index contributed by atoms with van der Waals surface area (Å²) in [5.41, 5.74) is 2.12. The van der Waals surface area contributed by atoms with E-state index in [-0.39, 0.29) is 30.7 Å². The van der Waals surface area contributed by atoms with Crippen molar-refractivity contribution >= 4 is 36.5 Å². The molecule has 3 saturated heterocycles. The zero-order chi connectivity index (χ0) is 19.8. The first kappa shape index (κ1) is 23.8. The maximum Gasteiger partial charge on any atom is 0.254 e. The molecule has 4 heterocycles. The Kier molecular flexibility index (Phi) is 7.81. The van der Waals surface area contributed by atoms with Crippen LogP contribution >= 0.6 is 24.8 Å². The third-order valence-electron chi connectivity index (χ3n) is 6.65. The number of anilines is 1. The van der Waals surface area contributed by atoms with E-state index in [4.69, 9.17) is 4.74 Å². The summed E-state index contributed by atoms with van der Waals surface area (Å²) in [5, 5.41) is 0. The highest BCUT2D eigenvalue weighted by Gasteiger charge is 2.46. The summed E-state index contributed by atoms with van der Waals surface area (Å²) in [4.78, 5) is 24.2. The average molecular weight is 465 g/mol. The SMILES string of the molecule is CN1C[C@H]2CN(c3cc(C(=O)N4CCOCC4)ccn3)C[C@H]2[C@@H]1c1ccccc1.Cl.Cl. The normalized spacial score (nSPS) is 25.5. The highest BCUT2D eigenvalue weighted by Crippen LogP contribution is 2.44. The standard InChI is InChI=1S/C23H28N4O2.2ClH/c1-25-14-19-15-27(16-20(19)22(25)17-5-3-2-4-6-17)21-13-18(7-8-24-21)23(28)26-9-11-29-12-10-26;;/h2-8,13,19-20,22H,9-12,14-16H2,1H3;2*1H/t19-,20+,22-;;/m0../s1. The number of hydrogen-bond donors (Lipinski definition) is 0. The van der Waals surface area contributed by atoms with Gasteiger partial charge in [-0.25, -0.2) is 4.98 Å². The summed E-state index contributed by atoms with van der Waals surface area (Å²) in [7, 11) is 2.24. The van der Waals surface area contributed by atoms with Crippen LogP contribution < -0.4 is 4.90 Å². The Morgan fingerprint density at radius 3 is 2.52 bits per heavy atom. The van der Waals surface area contributed by atoms with Gasteiger partial charge in [-0.1, -0.05) is 30.3 Å². The molecule has 3 fully saturated rings. The second-order valence-electron chi connectivity index (χ2n) is 8.43. The van der Waals surface area contributed by atoms with Crippen molar-refractivity contribution in [3.63, 3.8) is 0 Å². The average Bonchev–Trinajstić information content (AvgIpc) is 3.31. The molecule has 1 amide bonds. The highest BCUT2D eigenvalue weighted by atomic mass is 35.5. The van der Waals surface area contributed by atoms with E-state index < -0.39 is 0 Å². The largest absolute Gasteiger partial charge is 0.378 e. The molecular weight excluding hydrogens is 435 g/mol. The Labute approximate surface area is 196 Å². The first-order valence-corrected chi connectivity index (χ1v) is 10.5. The lowest BCUT2D eigenvalue weighted by atomic mass is 9.90. The molecule has 0 unspecified atom stereocenters. The van der Waals surface area contributed by atoms with E-state index in [1.54, 1.807) is 6.20 Å². The van der Waals surface area contributed by atoms with Crippen molar-refractivity contribution in [1.82, 2.24) is 14.8 Å². The number of ether oxygens (including phenoxy) is 1. The Bertz CT molecular complexity index is 879.